The van der Waals surface area contributed by atoms with E-state index in [4.69, 9.17) is 31.4 Å². The van der Waals surface area contributed by atoms with E-state index in [1.807, 2.05) is 0 Å². The van der Waals surface area contributed by atoms with E-state index in [0.29, 0.717) is 12.8 Å². The molecule has 11 heteroatoms. The number of aromatic nitrogens is 2. The summed E-state index contributed by atoms with van der Waals surface area (Å²) in [7, 11) is -4.50. The van der Waals surface area contributed by atoms with E-state index >= 15 is 0 Å². The fourth-order valence-electron chi connectivity index (χ4n) is 2.00. The van der Waals surface area contributed by atoms with Gasteiger partial charge < -0.3 is 26.0 Å². The number of hydrogen-bond donors (Lipinski definition) is 5. The van der Waals surface area contributed by atoms with Crippen LogP contribution in [0.2, 0.25) is 0 Å². The number of phosphoric ester groups is 1. The molecule has 2 atom stereocenters. The molecule has 1 saturated heterocycles. The van der Waals surface area contributed by atoms with Gasteiger partial charge in [-0.15, -0.1) is 0 Å². The normalized spacial score (nSPS) is 23.1. The van der Waals surface area contributed by atoms with Crippen molar-refractivity contribution in [1.29, 1.82) is 5.41 Å². The van der Waals surface area contributed by atoms with Gasteiger partial charge in [-0.3, -0.25) is 14.5 Å². The molecule has 1 fully saturated rings. The number of anilines is 1. The lowest BCUT2D eigenvalue weighted by molar-refractivity contribution is -0.0212. The Labute approximate surface area is 114 Å². The van der Waals surface area contributed by atoms with Gasteiger partial charge in [0.25, 0.3) is 0 Å². The van der Waals surface area contributed by atoms with E-state index in [1.165, 1.54) is 10.9 Å². The lowest BCUT2D eigenvalue weighted by atomic mass is 10.2. The number of imidazole rings is 1. The average Bonchev–Trinajstić information content (AvgIpc) is 2.91. The highest BCUT2D eigenvalue weighted by atomic mass is 31.2. The summed E-state index contributed by atoms with van der Waals surface area (Å²) < 4.78 is 22.1. The molecule has 2 heterocycles. The number of nitrogens with zero attached hydrogens (tertiary/aromatic N) is 2. The van der Waals surface area contributed by atoms with Gasteiger partial charge in [0.1, 0.15) is 23.6 Å². The predicted molar refractivity (Wildman–Crippen MR) is 68.8 cm³/mol. The first-order valence-corrected chi connectivity index (χ1v) is 7.33. The molecule has 0 unspecified atom stereocenters. The fourth-order valence-corrected chi connectivity index (χ4v) is 2.36. The van der Waals surface area contributed by atoms with E-state index in [0.717, 1.165) is 0 Å². The van der Waals surface area contributed by atoms with Crippen molar-refractivity contribution in [3.05, 3.63) is 12.0 Å². The third-order valence-electron chi connectivity index (χ3n) is 2.91. The Morgan fingerprint density at radius 3 is 2.90 bits per heavy atom. The molecule has 0 aliphatic carbocycles. The summed E-state index contributed by atoms with van der Waals surface area (Å²) in [6.07, 6.45) is 1.73. The molecule has 20 heavy (non-hydrogen) atoms. The Balaban J connectivity index is 1.99. The number of hydrogen-bond acceptors (Lipinski definition) is 6. The Morgan fingerprint density at radius 1 is 1.65 bits per heavy atom. The van der Waals surface area contributed by atoms with Crippen LogP contribution in [0.25, 0.3) is 0 Å². The maximum Gasteiger partial charge on any atom is 0.469 e. The predicted octanol–water partition coefficient (Wildman–Crippen LogP) is -0.464. The zero-order chi connectivity index (χ0) is 14.9. The molecule has 2 rings (SSSR count). The third-order valence-corrected chi connectivity index (χ3v) is 3.40. The van der Waals surface area contributed by atoms with Crippen molar-refractivity contribution in [2.24, 2.45) is 5.73 Å². The molecule has 1 aromatic rings. The first-order valence-electron chi connectivity index (χ1n) is 5.80. The second-order valence-corrected chi connectivity index (χ2v) is 5.62. The Hall–Kier alpha value is -1.45. The summed E-state index contributed by atoms with van der Waals surface area (Å²) in [4.78, 5) is 21.2. The summed E-state index contributed by atoms with van der Waals surface area (Å²) in [6, 6.07) is 0. The number of amidine groups is 1. The van der Waals surface area contributed by atoms with Crippen molar-refractivity contribution >= 4 is 19.5 Å². The zero-order valence-electron chi connectivity index (χ0n) is 10.5. The maximum absolute atomic E-state index is 10.6. The van der Waals surface area contributed by atoms with Gasteiger partial charge in [0, 0.05) is 0 Å². The third kappa shape index (κ3) is 3.35. The van der Waals surface area contributed by atoms with Crippen LogP contribution in [-0.2, 0) is 13.8 Å². The van der Waals surface area contributed by atoms with Crippen molar-refractivity contribution in [3.63, 3.8) is 0 Å². The summed E-state index contributed by atoms with van der Waals surface area (Å²) in [5.74, 6) is -0.0142. The lowest BCUT2D eigenvalue weighted by Gasteiger charge is -2.16. The van der Waals surface area contributed by atoms with E-state index in [2.05, 4.69) is 9.51 Å². The van der Waals surface area contributed by atoms with Crippen LogP contribution in [-0.4, -0.2) is 37.9 Å². The SMILES string of the molecule is N=C(N)c1ncn([C@H]2CC[C@@H](COP(=O)(O)O)O2)c1N. The summed E-state index contributed by atoms with van der Waals surface area (Å²) in [6.45, 7) is -0.199. The molecule has 0 aromatic carbocycles. The Kier molecular flexibility index (Phi) is 4.11. The van der Waals surface area contributed by atoms with Crippen LogP contribution in [0.4, 0.5) is 5.82 Å². The quantitative estimate of drug-likeness (QED) is 0.276. The molecule has 7 N–H and O–H groups in total. The van der Waals surface area contributed by atoms with Crippen LogP contribution in [0, 0.1) is 5.41 Å². The lowest BCUT2D eigenvalue weighted by Crippen LogP contribution is -2.18. The summed E-state index contributed by atoms with van der Waals surface area (Å²) >= 11 is 0. The Morgan fingerprint density at radius 2 is 2.35 bits per heavy atom. The van der Waals surface area contributed by atoms with E-state index < -0.39 is 20.2 Å². The number of rotatable bonds is 5. The molecule has 112 valence electrons. The Bertz CT molecular complexity index is 555. The molecule has 0 amide bonds. The van der Waals surface area contributed by atoms with Gasteiger partial charge in [-0.05, 0) is 12.8 Å². The summed E-state index contributed by atoms with van der Waals surface area (Å²) in [5.41, 5.74) is 11.3. The van der Waals surface area contributed by atoms with Crippen molar-refractivity contribution in [2.45, 2.75) is 25.2 Å². The van der Waals surface area contributed by atoms with E-state index in [1.54, 1.807) is 0 Å². The largest absolute Gasteiger partial charge is 0.469 e. The van der Waals surface area contributed by atoms with E-state index in [-0.39, 0.29) is 24.0 Å². The van der Waals surface area contributed by atoms with Crippen LogP contribution < -0.4 is 11.5 Å². The van der Waals surface area contributed by atoms with Crippen molar-refractivity contribution in [3.8, 4) is 0 Å². The van der Waals surface area contributed by atoms with Gasteiger partial charge in [-0.2, -0.15) is 0 Å². The number of ether oxygens (including phenoxy) is 1. The van der Waals surface area contributed by atoms with Gasteiger partial charge in [0.2, 0.25) is 0 Å². The number of nitrogens with one attached hydrogen (secondary N) is 1. The molecule has 0 bridgehead atoms. The molecule has 1 aliphatic heterocycles. The van der Waals surface area contributed by atoms with Crippen LogP contribution in [0.1, 0.15) is 24.8 Å². The standard InChI is InChI=1S/C9H16N5O5P/c10-8(11)7-9(12)14(4-13-7)6-2-1-5(19-6)3-18-20(15,16)17/h4-6H,1-3,12H2,(H3,10,11)(H2,15,16,17)/t5-,6+/m0/s1. The van der Waals surface area contributed by atoms with Gasteiger partial charge in [-0.1, -0.05) is 0 Å². The number of phosphoric acid groups is 1. The first kappa shape index (κ1) is 14.9. The maximum atomic E-state index is 10.6. The topological polar surface area (TPSA) is 170 Å². The fraction of sp³-hybridized carbons (Fsp3) is 0.556. The van der Waals surface area contributed by atoms with E-state index in [9.17, 15) is 4.57 Å². The number of nitrogen functional groups attached to an aromatic ring is 2. The average molecular weight is 305 g/mol. The minimum Gasteiger partial charge on any atom is -0.383 e. The second kappa shape index (κ2) is 5.51. The smallest absolute Gasteiger partial charge is 0.383 e. The van der Waals surface area contributed by atoms with Gasteiger partial charge >= 0.3 is 7.82 Å². The van der Waals surface area contributed by atoms with Crippen LogP contribution >= 0.6 is 7.82 Å². The monoisotopic (exact) mass is 305 g/mol. The molecule has 0 spiro atoms. The molecular formula is C9H16N5O5P. The zero-order valence-corrected chi connectivity index (χ0v) is 11.4. The van der Waals surface area contributed by atoms with Gasteiger partial charge in [0.05, 0.1) is 19.0 Å². The minimum absolute atomic E-state index is 0.184. The minimum atomic E-state index is -4.50. The molecular weight excluding hydrogens is 289 g/mol. The number of nitrogens with two attached hydrogens (primary N) is 2. The molecule has 10 nitrogen and oxygen atoms in total. The highest BCUT2D eigenvalue weighted by Gasteiger charge is 2.30. The first-order chi connectivity index (χ1) is 9.28. The molecule has 1 aliphatic rings. The van der Waals surface area contributed by atoms with Crippen molar-refractivity contribution < 1.29 is 23.6 Å². The second-order valence-electron chi connectivity index (χ2n) is 4.38. The van der Waals surface area contributed by atoms with Gasteiger partial charge in [-0.25, -0.2) is 9.55 Å². The summed E-state index contributed by atoms with van der Waals surface area (Å²) in [5, 5.41) is 7.31. The van der Waals surface area contributed by atoms with Gasteiger partial charge in [0.15, 0.2) is 0 Å². The molecule has 0 radical (unpaired) electrons. The van der Waals surface area contributed by atoms with Crippen molar-refractivity contribution in [1.82, 2.24) is 9.55 Å². The molecule has 0 saturated carbocycles. The highest BCUT2D eigenvalue weighted by Crippen LogP contribution is 2.38. The van der Waals surface area contributed by atoms with Crippen LogP contribution in [0.3, 0.4) is 0 Å². The highest BCUT2D eigenvalue weighted by molar-refractivity contribution is 7.46. The van der Waals surface area contributed by atoms with Crippen LogP contribution in [0.5, 0.6) is 0 Å². The van der Waals surface area contributed by atoms with Crippen LogP contribution in [0.15, 0.2) is 6.33 Å². The molecule has 1 aromatic heterocycles. The van der Waals surface area contributed by atoms with Crippen molar-refractivity contribution in [2.75, 3.05) is 12.3 Å².